The van der Waals surface area contributed by atoms with Crippen molar-refractivity contribution in [3.8, 4) is 5.75 Å². The first kappa shape index (κ1) is 15.7. The van der Waals surface area contributed by atoms with Crippen molar-refractivity contribution in [1.82, 2.24) is 15.3 Å². The average molecular weight is 308 g/mol. The van der Waals surface area contributed by atoms with Crippen molar-refractivity contribution in [3.63, 3.8) is 0 Å². The molecular weight excluding hydrogens is 290 g/mol. The van der Waals surface area contributed by atoms with Gasteiger partial charge in [-0.15, -0.1) is 0 Å². The maximum absolute atomic E-state index is 6.22. The normalized spacial score (nSPS) is 10.6. The molecular formula is C15H18ClN3O2. The number of nitrogens with one attached hydrogen (secondary N) is 1. The topological polar surface area (TPSA) is 56.3 Å². The molecule has 0 amide bonds. The van der Waals surface area contributed by atoms with Crippen molar-refractivity contribution in [3.05, 3.63) is 53.1 Å². The molecule has 1 N–H and O–H groups in total. The lowest BCUT2D eigenvalue weighted by Gasteiger charge is -2.09. The molecule has 1 aromatic heterocycles. The molecule has 6 heteroatoms. The summed E-state index contributed by atoms with van der Waals surface area (Å²) in [6.07, 6.45) is 3.37. The summed E-state index contributed by atoms with van der Waals surface area (Å²) in [5.74, 6) is 1.25. The zero-order valence-corrected chi connectivity index (χ0v) is 12.6. The predicted molar refractivity (Wildman–Crippen MR) is 81.4 cm³/mol. The van der Waals surface area contributed by atoms with E-state index in [-0.39, 0.29) is 0 Å². The second kappa shape index (κ2) is 8.56. The molecule has 0 aliphatic heterocycles. The van der Waals surface area contributed by atoms with Crippen LogP contribution in [0.4, 0.5) is 0 Å². The Labute approximate surface area is 129 Å². The highest BCUT2D eigenvalue weighted by atomic mass is 35.5. The van der Waals surface area contributed by atoms with Crippen LogP contribution in [0, 0.1) is 0 Å². The zero-order chi connectivity index (χ0) is 14.9. The van der Waals surface area contributed by atoms with Crippen LogP contribution in [0.3, 0.4) is 0 Å². The van der Waals surface area contributed by atoms with Crippen LogP contribution in [-0.4, -0.2) is 30.2 Å². The highest BCUT2D eigenvalue weighted by Gasteiger charge is 2.04. The van der Waals surface area contributed by atoms with Crippen molar-refractivity contribution < 1.29 is 9.47 Å². The fourth-order valence-corrected chi connectivity index (χ4v) is 1.98. The molecule has 0 radical (unpaired) electrons. The van der Waals surface area contributed by atoms with Crippen LogP contribution >= 0.6 is 11.6 Å². The van der Waals surface area contributed by atoms with E-state index >= 15 is 0 Å². The van der Waals surface area contributed by atoms with Gasteiger partial charge in [0.2, 0.25) is 0 Å². The molecule has 0 saturated heterocycles. The lowest BCUT2D eigenvalue weighted by atomic mass is 10.2. The van der Waals surface area contributed by atoms with Gasteiger partial charge in [-0.05, 0) is 23.8 Å². The smallest absolute Gasteiger partial charge is 0.166 e. The summed E-state index contributed by atoms with van der Waals surface area (Å²) in [5, 5.41) is 3.84. The number of hydrogen-bond acceptors (Lipinski definition) is 5. The molecule has 5 nitrogen and oxygen atoms in total. The van der Waals surface area contributed by atoms with Gasteiger partial charge in [0.25, 0.3) is 0 Å². The summed E-state index contributed by atoms with van der Waals surface area (Å²) in [4.78, 5) is 8.20. The molecule has 1 heterocycles. The average Bonchev–Trinajstić information content (AvgIpc) is 2.52. The Kier molecular flexibility index (Phi) is 6.40. The van der Waals surface area contributed by atoms with Gasteiger partial charge in [0.1, 0.15) is 12.4 Å². The van der Waals surface area contributed by atoms with Crippen molar-refractivity contribution in [2.24, 2.45) is 0 Å². The van der Waals surface area contributed by atoms with Gasteiger partial charge in [0.05, 0.1) is 11.6 Å². The second-order valence-electron chi connectivity index (χ2n) is 4.39. The third-order valence-electron chi connectivity index (χ3n) is 2.78. The summed E-state index contributed by atoms with van der Waals surface area (Å²) < 4.78 is 10.6. The number of halogens is 1. The van der Waals surface area contributed by atoms with E-state index in [1.54, 1.807) is 25.6 Å². The first-order valence-corrected chi connectivity index (χ1v) is 7.04. The first-order chi connectivity index (χ1) is 10.3. The summed E-state index contributed by atoms with van der Waals surface area (Å²) in [6.45, 7) is 2.53. The van der Waals surface area contributed by atoms with E-state index in [2.05, 4.69) is 15.3 Å². The summed E-state index contributed by atoms with van der Waals surface area (Å²) >= 11 is 6.22. The monoisotopic (exact) mass is 307 g/mol. The molecule has 0 atom stereocenters. The Hall–Kier alpha value is -1.69. The van der Waals surface area contributed by atoms with Gasteiger partial charge >= 0.3 is 0 Å². The maximum atomic E-state index is 6.22. The molecule has 0 aliphatic carbocycles. The van der Waals surface area contributed by atoms with Crippen molar-refractivity contribution >= 4 is 11.6 Å². The van der Waals surface area contributed by atoms with Gasteiger partial charge in [-0.3, -0.25) is 0 Å². The SMILES string of the molecule is COCCNCc1ccc(OCc2ncccn2)c(Cl)c1. The maximum Gasteiger partial charge on any atom is 0.166 e. The highest BCUT2D eigenvalue weighted by Crippen LogP contribution is 2.26. The van der Waals surface area contributed by atoms with Gasteiger partial charge in [-0.1, -0.05) is 17.7 Å². The minimum Gasteiger partial charge on any atom is -0.484 e. The molecule has 0 fully saturated rings. The van der Waals surface area contributed by atoms with Crippen molar-refractivity contribution in [2.75, 3.05) is 20.3 Å². The summed E-state index contributed by atoms with van der Waals surface area (Å²) in [7, 11) is 1.68. The molecule has 0 saturated carbocycles. The number of nitrogens with zero attached hydrogens (tertiary/aromatic N) is 2. The van der Waals surface area contributed by atoms with Gasteiger partial charge < -0.3 is 14.8 Å². The van der Waals surface area contributed by atoms with Crippen molar-refractivity contribution in [2.45, 2.75) is 13.2 Å². The predicted octanol–water partition coefficient (Wildman–Crippen LogP) is 2.45. The van der Waals surface area contributed by atoms with E-state index in [9.17, 15) is 0 Å². The molecule has 0 aliphatic rings. The summed E-state index contributed by atoms with van der Waals surface area (Å²) in [5.41, 5.74) is 1.10. The molecule has 0 spiro atoms. The Balaban J connectivity index is 1.87. The molecule has 1 aromatic carbocycles. The number of hydrogen-bond donors (Lipinski definition) is 1. The van der Waals surface area contributed by atoms with E-state index in [1.807, 2.05) is 18.2 Å². The Morgan fingerprint density at radius 2 is 2.05 bits per heavy atom. The van der Waals surface area contributed by atoms with Crippen molar-refractivity contribution in [1.29, 1.82) is 0 Å². The molecule has 21 heavy (non-hydrogen) atoms. The van der Waals surface area contributed by atoms with E-state index < -0.39 is 0 Å². The Bertz CT molecular complexity index is 552. The Morgan fingerprint density at radius 1 is 1.24 bits per heavy atom. The minimum absolute atomic E-state index is 0.298. The first-order valence-electron chi connectivity index (χ1n) is 6.66. The van der Waals surface area contributed by atoms with Crippen LogP contribution in [0.5, 0.6) is 5.75 Å². The van der Waals surface area contributed by atoms with Crippen LogP contribution in [0.2, 0.25) is 5.02 Å². The second-order valence-corrected chi connectivity index (χ2v) is 4.80. The number of aromatic nitrogens is 2. The molecule has 0 bridgehead atoms. The van der Waals surface area contributed by atoms with Gasteiger partial charge in [-0.2, -0.15) is 0 Å². The van der Waals surface area contributed by atoms with Crippen LogP contribution in [0.25, 0.3) is 0 Å². The molecule has 2 rings (SSSR count). The van der Waals surface area contributed by atoms with Gasteiger partial charge in [0, 0.05) is 32.6 Å². The van der Waals surface area contributed by atoms with Crippen LogP contribution in [0.15, 0.2) is 36.7 Å². The van der Waals surface area contributed by atoms with Crippen LogP contribution < -0.4 is 10.1 Å². The number of rotatable bonds is 8. The zero-order valence-electron chi connectivity index (χ0n) is 11.9. The Morgan fingerprint density at radius 3 is 2.76 bits per heavy atom. The van der Waals surface area contributed by atoms with E-state index in [4.69, 9.17) is 21.1 Å². The van der Waals surface area contributed by atoms with E-state index in [1.165, 1.54) is 0 Å². The third-order valence-corrected chi connectivity index (χ3v) is 3.08. The fraction of sp³-hybridized carbons (Fsp3) is 0.333. The van der Waals surface area contributed by atoms with Gasteiger partial charge in [-0.25, -0.2) is 9.97 Å². The molecule has 2 aromatic rings. The number of benzene rings is 1. The number of methoxy groups -OCH3 is 1. The number of ether oxygens (including phenoxy) is 2. The molecule has 112 valence electrons. The van der Waals surface area contributed by atoms with E-state index in [0.29, 0.717) is 29.8 Å². The third kappa shape index (κ3) is 5.30. The lowest BCUT2D eigenvalue weighted by molar-refractivity contribution is 0.199. The van der Waals surface area contributed by atoms with Crippen LogP contribution in [-0.2, 0) is 17.9 Å². The lowest BCUT2D eigenvalue weighted by Crippen LogP contribution is -2.18. The summed E-state index contributed by atoms with van der Waals surface area (Å²) in [6, 6.07) is 7.50. The molecule has 0 unspecified atom stereocenters. The quantitative estimate of drug-likeness (QED) is 0.759. The highest BCUT2D eigenvalue weighted by molar-refractivity contribution is 6.32. The van der Waals surface area contributed by atoms with E-state index in [0.717, 1.165) is 18.7 Å². The standard InChI is InChI=1S/C15H18ClN3O2/c1-20-8-7-17-10-12-3-4-14(13(16)9-12)21-11-15-18-5-2-6-19-15/h2-6,9,17H,7-8,10-11H2,1H3. The largest absolute Gasteiger partial charge is 0.484 e. The van der Waals surface area contributed by atoms with Crippen LogP contribution in [0.1, 0.15) is 11.4 Å². The fourth-order valence-electron chi connectivity index (χ4n) is 1.73. The minimum atomic E-state index is 0.298. The van der Waals surface area contributed by atoms with Gasteiger partial charge in [0.15, 0.2) is 5.82 Å².